The molecule has 2 heteroatoms. The van der Waals surface area contributed by atoms with Gasteiger partial charge in [0.2, 0.25) is 0 Å². The zero-order chi connectivity index (χ0) is 5.11. The van der Waals surface area contributed by atoms with Gasteiger partial charge in [0.15, 0.2) is 5.90 Å². The standard InChI is InChI=1S/C5H8NO/c1-2-5-6-3-4-7-5/h1-4H2. The summed E-state index contributed by atoms with van der Waals surface area (Å²) in [7, 11) is 0. The van der Waals surface area contributed by atoms with E-state index in [9.17, 15) is 0 Å². The Kier molecular flexibility index (Phi) is 1.29. The fourth-order valence-corrected chi connectivity index (χ4v) is 0.531. The number of hydrogen-bond donors (Lipinski definition) is 0. The third kappa shape index (κ3) is 0.918. The van der Waals surface area contributed by atoms with Crippen LogP contribution in [0.2, 0.25) is 0 Å². The SMILES string of the molecule is [CH2]CC1=NCCO1. The van der Waals surface area contributed by atoms with Crippen molar-refractivity contribution in [3.05, 3.63) is 6.92 Å². The monoisotopic (exact) mass is 98.1 g/mol. The first kappa shape index (κ1) is 4.62. The van der Waals surface area contributed by atoms with Crippen molar-refractivity contribution in [3.63, 3.8) is 0 Å². The maximum absolute atomic E-state index is 4.99. The second-order valence-corrected chi connectivity index (χ2v) is 1.37. The Morgan fingerprint density at radius 1 is 1.86 bits per heavy atom. The average molecular weight is 98.1 g/mol. The van der Waals surface area contributed by atoms with Gasteiger partial charge in [0, 0.05) is 6.42 Å². The van der Waals surface area contributed by atoms with Crippen molar-refractivity contribution in [2.24, 2.45) is 4.99 Å². The van der Waals surface area contributed by atoms with Crippen LogP contribution in [-0.4, -0.2) is 19.0 Å². The van der Waals surface area contributed by atoms with E-state index in [2.05, 4.69) is 11.9 Å². The lowest BCUT2D eigenvalue weighted by Gasteiger charge is -1.91. The summed E-state index contributed by atoms with van der Waals surface area (Å²) in [6.45, 7) is 5.19. The molecule has 1 radical (unpaired) electrons. The summed E-state index contributed by atoms with van der Waals surface area (Å²) in [6.07, 6.45) is 0.694. The van der Waals surface area contributed by atoms with Crippen LogP contribution in [0.5, 0.6) is 0 Å². The third-order valence-electron chi connectivity index (χ3n) is 0.862. The lowest BCUT2D eigenvalue weighted by molar-refractivity contribution is 0.341. The van der Waals surface area contributed by atoms with Crippen LogP contribution >= 0.6 is 0 Å². The van der Waals surface area contributed by atoms with E-state index in [1.165, 1.54) is 0 Å². The summed E-state index contributed by atoms with van der Waals surface area (Å²) in [5.41, 5.74) is 0. The fourth-order valence-electron chi connectivity index (χ4n) is 0.531. The third-order valence-corrected chi connectivity index (χ3v) is 0.862. The van der Waals surface area contributed by atoms with Crippen LogP contribution in [-0.2, 0) is 4.74 Å². The number of hydrogen-bond acceptors (Lipinski definition) is 2. The van der Waals surface area contributed by atoms with E-state index in [1.54, 1.807) is 0 Å². The first-order chi connectivity index (χ1) is 3.43. The van der Waals surface area contributed by atoms with E-state index in [1.807, 2.05) is 0 Å². The smallest absolute Gasteiger partial charge is 0.183 e. The average Bonchev–Trinajstić information content (AvgIpc) is 2.14. The Bertz CT molecular complexity index is 88.1. The van der Waals surface area contributed by atoms with E-state index in [0.717, 1.165) is 19.0 Å². The summed E-state index contributed by atoms with van der Waals surface area (Å²) in [5, 5.41) is 0. The molecule has 0 saturated carbocycles. The molecule has 0 aromatic carbocycles. The Balaban J connectivity index is 2.36. The molecule has 2 nitrogen and oxygen atoms in total. The number of aliphatic imine (C=N–C) groups is 1. The lowest BCUT2D eigenvalue weighted by atomic mass is 10.5. The van der Waals surface area contributed by atoms with E-state index < -0.39 is 0 Å². The number of nitrogens with zero attached hydrogens (tertiary/aromatic N) is 1. The second-order valence-electron chi connectivity index (χ2n) is 1.37. The van der Waals surface area contributed by atoms with Crippen molar-refractivity contribution in [2.45, 2.75) is 6.42 Å². The van der Waals surface area contributed by atoms with Crippen molar-refractivity contribution >= 4 is 5.90 Å². The molecule has 0 N–H and O–H groups in total. The lowest BCUT2D eigenvalue weighted by Crippen LogP contribution is -1.94. The highest BCUT2D eigenvalue weighted by molar-refractivity contribution is 5.77. The molecule has 0 bridgehead atoms. The summed E-state index contributed by atoms with van der Waals surface area (Å²) in [4.78, 5) is 3.99. The predicted molar refractivity (Wildman–Crippen MR) is 28.2 cm³/mol. The molecule has 1 aliphatic rings. The van der Waals surface area contributed by atoms with Crippen LogP contribution in [0, 0.1) is 6.92 Å². The highest BCUT2D eigenvalue weighted by Gasteiger charge is 2.01. The molecule has 0 saturated heterocycles. The molecule has 0 atom stereocenters. The molecule has 0 aromatic rings. The van der Waals surface area contributed by atoms with E-state index >= 15 is 0 Å². The van der Waals surface area contributed by atoms with Crippen LogP contribution in [0.15, 0.2) is 4.99 Å². The second kappa shape index (κ2) is 1.96. The summed E-state index contributed by atoms with van der Waals surface area (Å²) < 4.78 is 4.99. The Labute approximate surface area is 43.2 Å². The van der Waals surface area contributed by atoms with Gasteiger partial charge in [-0.05, 0) is 6.92 Å². The summed E-state index contributed by atoms with van der Waals surface area (Å²) in [5.74, 6) is 0.806. The van der Waals surface area contributed by atoms with Crippen molar-refractivity contribution in [3.8, 4) is 0 Å². The molecule has 1 aliphatic heterocycles. The van der Waals surface area contributed by atoms with Gasteiger partial charge in [0.25, 0.3) is 0 Å². The van der Waals surface area contributed by atoms with Gasteiger partial charge in [-0.2, -0.15) is 0 Å². The molecular weight excluding hydrogens is 90.1 g/mol. The molecule has 0 aromatic heterocycles. The van der Waals surface area contributed by atoms with E-state index in [4.69, 9.17) is 4.74 Å². The zero-order valence-corrected chi connectivity index (χ0v) is 4.18. The zero-order valence-electron chi connectivity index (χ0n) is 4.18. The van der Waals surface area contributed by atoms with Crippen molar-refractivity contribution < 1.29 is 4.74 Å². The molecule has 0 unspecified atom stereocenters. The number of rotatable bonds is 1. The molecule has 1 heterocycles. The van der Waals surface area contributed by atoms with Gasteiger partial charge in [-0.3, -0.25) is 4.99 Å². The van der Waals surface area contributed by atoms with E-state index in [0.29, 0.717) is 6.42 Å². The molecule has 0 aliphatic carbocycles. The van der Waals surface area contributed by atoms with Crippen molar-refractivity contribution in [1.29, 1.82) is 0 Å². The van der Waals surface area contributed by atoms with E-state index in [-0.39, 0.29) is 0 Å². The Hall–Kier alpha value is -0.530. The molecule has 1 rings (SSSR count). The molecule has 7 heavy (non-hydrogen) atoms. The van der Waals surface area contributed by atoms with Crippen molar-refractivity contribution in [2.75, 3.05) is 13.2 Å². The normalized spacial score (nSPS) is 18.7. The van der Waals surface area contributed by atoms with Crippen LogP contribution in [0.25, 0.3) is 0 Å². The molecule has 39 valence electrons. The van der Waals surface area contributed by atoms with Gasteiger partial charge < -0.3 is 4.74 Å². The predicted octanol–water partition coefficient (Wildman–Crippen LogP) is 0.639. The van der Waals surface area contributed by atoms with Gasteiger partial charge in [0.1, 0.15) is 6.61 Å². The largest absolute Gasteiger partial charge is 0.479 e. The highest BCUT2D eigenvalue weighted by Crippen LogP contribution is 1.95. The van der Waals surface area contributed by atoms with Gasteiger partial charge in [-0.15, -0.1) is 0 Å². The Morgan fingerprint density at radius 3 is 3.00 bits per heavy atom. The minimum Gasteiger partial charge on any atom is -0.479 e. The maximum Gasteiger partial charge on any atom is 0.183 e. The van der Waals surface area contributed by atoms with Crippen LogP contribution in [0.3, 0.4) is 0 Å². The highest BCUT2D eigenvalue weighted by atomic mass is 16.5. The summed E-state index contributed by atoms with van der Waals surface area (Å²) in [6, 6.07) is 0. The molecule has 0 spiro atoms. The van der Waals surface area contributed by atoms with Crippen molar-refractivity contribution in [1.82, 2.24) is 0 Å². The first-order valence-corrected chi connectivity index (χ1v) is 2.39. The van der Waals surface area contributed by atoms with Crippen LogP contribution < -0.4 is 0 Å². The van der Waals surface area contributed by atoms with Crippen LogP contribution in [0.1, 0.15) is 6.42 Å². The quantitative estimate of drug-likeness (QED) is 0.471. The minimum atomic E-state index is 0.694. The summed E-state index contributed by atoms with van der Waals surface area (Å²) >= 11 is 0. The Morgan fingerprint density at radius 2 is 2.71 bits per heavy atom. The molecule has 0 fully saturated rings. The fraction of sp³-hybridized carbons (Fsp3) is 0.600. The maximum atomic E-state index is 4.99. The first-order valence-electron chi connectivity index (χ1n) is 2.39. The molecular formula is C5H8NO. The van der Waals surface area contributed by atoms with Gasteiger partial charge in [-0.25, -0.2) is 0 Å². The topological polar surface area (TPSA) is 21.6 Å². The van der Waals surface area contributed by atoms with Gasteiger partial charge in [0.05, 0.1) is 6.54 Å². The minimum absolute atomic E-state index is 0.694. The van der Waals surface area contributed by atoms with Gasteiger partial charge >= 0.3 is 0 Å². The molecule has 0 amide bonds. The number of ether oxygens (including phenoxy) is 1. The van der Waals surface area contributed by atoms with Crippen LogP contribution in [0.4, 0.5) is 0 Å². The van der Waals surface area contributed by atoms with Gasteiger partial charge in [-0.1, -0.05) is 0 Å².